The van der Waals surface area contributed by atoms with Crippen molar-refractivity contribution >= 4 is 17.7 Å². The van der Waals surface area contributed by atoms with Gasteiger partial charge < -0.3 is 4.90 Å². The Labute approximate surface area is 144 Å². The van der Waals surface area contributed by atoms with Crippen molar-refractivity contribution in [1.82, 2.24) is 9.80 Å². The topological polar surface area (TPSA) is 57.7 Å². The third-order valence-corrected chi connectivity index (χ3v) is 5.90. The van der Waals surface area contributed by atoms with E-state index in [1.807, 2.05) is 30.9 Å². The lowest BCUT2D eigenvalue weighted by Crippen LogP contribution is -2.52. The number of allylic oxidation sites excluding steroid dienone is 2. The van der Waals surface area contributed by atoms with Gasteiger partial charge >= 0.3 is 0 Å². The zero-order valence-corrected chi connectivity index (χ0v) is 15.1. The molecule has 1 saturated heterocycles. The standard InChI is InChI=1S/C19H28N2O3/c1-11(2)20(10-14-9-12(14)3)17(22)13(4)21-18(23)15-7-5-6-8-16(15)19(21)24/h5-6,11-16H,7-10H2,1-4H3/t12-,13+,14-,15+,16+/m1/s1. The molecule has 0 bridgehead atoms. The van der Waals surface area contributed by atoms with Crippen LogP contribution in [0.25, 0.3) is 0 Å². The highest BCUT2D eigenvalue weighted by Crippen LogP contribution is 2.39. The first kappa shape index (κ1) is 17.2. The van der Waals surface area contributed by atoms with E-state index in [9.17, 15) is 14.4 Å². The molecule has 1 aliphatic heterocycles. The summed E-state index contributed by atoms with van der Waals surface area (Å²) < 4.78 is 0. The van der Waals surface area contributed by atoms with Gasteiger partial charge in [0.15, 0.2) is 0 Å². The summed E-state index contributed by atoms with van der Waals surface area (Å²) in [6, 6.07) is -0.628. The zero-order valence-electron chi connectivity index (χ0n) is 15.1. The van der Waals surface area contributed by atoms with Crippen molar-refractivity contribution in [3.8, 4) is 0 Å². The lowest BCUT2D eigenvalue weighted by molar-refractivity contribution is -0.151. The van der Waals surface area contributed by atoms with Crippen LogP contribution < -0.4 is 0 Å². The maximum atomic E-state index is 13.0. The molecular formula is C19H28N2O3. The maximum Gasteiger partial charge on any atom is 0.245 e. The SMILES string of the molecule is CC(C)N(C[C@H]1C[C@H]1C)C(=O)[C@H](C)N1C(=O)[C@H]2CC=CC[C@@H]2C1=O. The lowest BCUT2D eigenvalue weighted by atomic mass is 9.85. The van der Waals surface area contributed by atoms with Crippen LogP contribution in [0.15, 0.2) is 12.2 Å². The van der Waals surface area contributed by atoms with Gasteiger partial charge in [0.05, 0.1) is 11.8 Å². The predicted molar refractivity (Wildman–Crippen MR) is 90.8 cm³/mol. The van der Waals surface area contributed by atoms with E-state index in [2.05, 4.69) is 6.92 Å². The molecule has 0 radical (unpaired) electrons. The van der Waals surface area contributed by atoms with Crippen molar-refractivity contribution in [2.45, 2.75) is 59.0 Å². The van der Waals surface area contributed by atoms with Crippen molar-refractivity contribution in [3.63, 3.8) is 0 Å². The molecule has 5 atom stereocenters. The molecule has 3 amide bonds. The molecule has 0 spiro atoms. The molecule has 132 valence electrons. The maximum absolute atomic E-state index is 13.0. The van der Waals surface area contributed by atoms with Gasteiger partial charge in [-0.25, -0.2) is 0 Å². The third-order valence-electron chi connectivity index (χ3n) is 5.90. The van der Waals surface area contributed by atoms with Crippen molar-refractivity contribution in [2.75, 3.05) is 6.54 Å². The van der Waals surface area contributed by atoms with E-state index in [-0.39, 0.29) is 35.6 Å². The van der Waals surface area contributed by atoms with Crippen LogP contribution in [0.5, 0.6) is 0 Å². The fourth-order valence-corrected chi connectivity index (χ4v) is 4.02. The summed E-state index contributed by atoms with van der Waals surface area (Å²) in [7, 11) is 0. The number of likely N-dealkylation sites (tertiary alicyclic amines) is 1. The summed E-state index contributed by atoms with van der Waals surface area (Å²) in [6.45, 7) is 8.62. The first-order valence-electron chi connectivity index (χ1n) is 9.15. The quantitative estimate of drug-likeness (QED) is 0.573. The first-order chi connectivity index (χ1) is 11.3. The molecule has 0 aromatic heterocycles. The lowest BCUT2D eigenvalue weighted by Gasteiger charge is -2.32. The predicted octanol–water partition coefficient (Wildman–Crippen LogP) is 2.22. The molecule has 3 aliphatic rings. The summed E-state index contributed by atoms with van der Waals surface area (Å²) in [4.78, 5) is 41.4. The number of carbonyl (C=O) groups is 3. The van der Waals surface area contributed by atoms with Crippen molar-refractivity contribution in [3.05, 3.63) is 12.2 Å². The number of rotatable bonds is 5. The highest BCUT2D eigenvalue weighted by molar-refractivity contribution is 6.08. The average Bonchev–Trinajstić information content (AvgIpc) is 3.19. The Balaban J connectivity index is 1.74. The van der Waals surface area contributed by atoms with Gasteiger partial charge in [0.25, 0.3) is 0 Å². The second-order valence-corrected chi connectivity index (χ2v) is 7.94. The largest absolute Gasteiger partial charge is 0.338 e. The fourth-order valence-electron chi connectivity index (χ4n) is 4.02. The van der Waals surface area contributed by atoms with E-state index < -0.39 is 6.04 Å². The van der Waals surface area contributed by atoms with Crippen LogP contribution in [0.4, 0.5) is 0 Å². The number of imide groups is 1. The van der Waals surface area contributed by atoms with Crippen molar-refractivity contribution in [1.29, 1.82) is 0 Å². The van der Waals surface area contributed by atoms with Crippen molar-refractivity contribution < 1.29 is 14.4 Å². The van der Waals surface area contributed by atoms with Crippen LogP contribution in [0, 0.1) is 23.7 Å². The second kappa shape index (κ2) is 6.34. The van der Waals surface area contributed by atoms with E-state index in [0.29, 0.717) is 24.7 Å². The summed E-state index contributed by atoms with van der Waals surface area (Å²) in [5, 5.41) is 0. The minimum absolute atomic E-state index is 0.0736. The van der Waals surface area contributed by atoms with E-state index in [1.54, 1.807) is 6.92 Å². The molecule has 5 heteroatoms. The minimum Gasteiger partial charge on any atom is -0.338 e. The van der Waals surface area contributed by atoms with Gasteiger partial charge in [-0.1, -0.05) is 19.1 Å². The molecule has 0 unspecified atom stereocenters. The van der Waals surface area contributed by atoms with Crippen LogP contribution in [0.2, 0.25) is 0 Å². The molecule has 1 saturated carbocycles. The molecule has 0 aromatic rings. The van der Waals surface area contributed by atoms with Gasteiger partial charge in [0.2, 0.25) is 17.7 Å². The number of nitrogens with zero attached hydrogens (tertiary/aromatic N) is 2. The highest BCUT2D eigenvalue weighted by atomic mass is 16.2. The van der Waals surface area contributed by atoms with E-state index >= 15 is 0 Å². The van der Waals surface area contributed by atoms with Gasteiger partial charge in [-0.3, -0.25) is 19.3 Å². The van der Waals surface area contributed by atoms with Crippen LogP contribution in [0.1, 0.15) is 47.0 Å². The average molecular weight is 332 g/mol. The van der Waals surface area contributed by atoms with Gasteiger partial charge in [-0.15, -0.1) is 0 Å². The highest BCUT2D eigenvalue weighted by Gasteiger charge is 2.51. The Morgan fingerprint density at radius 3 is 2.08 bits per heavy atom. The number of hydrogen-bond donors (Lipinski definition) is 0. The Kier molecular flexibility index (Phi) is 4.54. The monoisotopic (exact) mass is 332 g/mol. The second-order valence-electron chi connectivity index (χ2n) is 7.94. The number of amides is 3. The summed E-state index contributed by atoms with van der Waals surface area (Å²) in [5.74, 6) is 0.246. The van der Waals surface area contributed by atoms with E-state index in [1.165, 1.54) is 4.90 Å². The number of carbonyl (C=O) groups excluding carboxylic acids is 3. The van der Waals surface area contributed by atoms with Crippen LogP contribution in [-0.4, -0.2) is 46.1 Å². The van der Waals surface area contributed by atoms with Crippen LogP contribution in [0.3, 0.4) is 0 Å². The first-order valence-corrected chi connectivity index (χ1v) is 9.15. The molecule has 0 aromatic carbocycles. The smallest absolute Gasteiger partial charge is 0.245 e. The summed E-state index contributed by atoms with van der Waals surface area (Å²) in [5.41, 5.74) is 0. The molecular weight excluding hydrogens is 304 g/mol. The molecule has 0 N–H and O–H groups in total. The minimum atomic E-state index is -0.702. The van der Waals surface area contributed by atoms with Gasteiger partial charge in [-0.2, -0.15) is 0 Å². The van der Waals surface area contributed by atoms with E-state index in [4.69, 9.17) is 0 Å². The Morgan fingerprint density at radius 1 is 1.17 bits per heavy atom. The number of fused-ring (bicyclic) bond motifs is 1. The fraction of sp³-hybridized carbons (Fsp3) is 0.737. The Morgan fingerprint density at radius 2 is 1.67 bits per heavy atom. The molecule has 2 aliphatic carbocycles. The van der Waals surface area contributed by atoms with Crippen molar-refractivity contribution in [2.24, 2.45) is 23.7 Å². The number of hydrogen-bond acceptors (Lipinski definition) is 3. The van der Waals surface area contributed by atoms with Crippen LogP contribution in [-0.2, 0) is 14.4 Å². The third kappa shape index (κ3) is 2.89. The summed E-state index contributed by atoms with van der Waals surface area (Å²) >= 11 is 0. The van der Waals surface area contributed by atoms with Crippen LogP contribution >= 0.6 is 0 Å². The molecule has 24 heavy (non-hydrogen) atoms. The molecule has 1 heterocycles. The van der Waals surface area contributed by atoms with Gasteiger partial charge in [0, 0.05) is 12.6 Å². The van der Waals surface area contributed by atoms with Gasteiger partial charge in [-0.05, 0) is 51.9 Å². The molecule has 2 fully saturated rings. The Hall–Kier alpha value is -1.65. The summed E-state index contributed by atoms with van der Waals surface area (Å²) in [6.07, 6.45) is 6.32. The Bertz CT molecular complexity index is 557. The molecule has 5 nitrogen and oxygen atoms in total. The zero-order chi connectivity index (χ0) is 17.6. The molecule has 3 rings (SSSR count). The normalized spacial score (nSPS) is 33.0. The van der Waals surface area contributed by atoms with Gasteiger partial charge in [0.1, 0.15) is 6.04 Å². The van der Waals surface area contributed by atoms with E-state index in [0.717, 1.165) is 13.0 Å².